The van der Waals surface area contributed by atoms with Crippen LogP contribution in [-0.4, -0.2) is 6.71 Å². The van der Waals surface area contributed by atoms with E-state index in [0.29, 0.717) is 0 Å². The van der Waals surface area contributed by atoms with Crippen molar-refractivity contribution in [1.29, 1.82) is 0 Å². The molecule has 2 aliphatic heterocycles. The van der Waals surface area contributed by atoms with Crippen molar-refractivity contribution in [2.24, 2.45) is 0 Å². The van der Waals surface area contributed by atoms with Crippen LogP contribution in [0, 0.1) is 0 Å². The van der Waals surface area contributed by atoms with Crippen LogP contribution in [-0.2, 0) is 10.8 Å². The number of hydrogen-bond acceptors (Lipinski definition) is 6. The van der Waals surface area contributed by atoms with Gasteiger partial charge in [-0.05, 0) is 198 Å². The van der Waals surface area contributed by atoms with Crippen molar-refractivity contribution >= 4 is 166 Å². The van der Waals surface area contributed by atoms with Crippen molar-refractivity contribution in [3.8, 4) is 0 Å². The molecule has 0 unspecified atom stereocenters. The molecule has 0 amide bonds. The van der Waals surface area contributed by atoms with Gasteiger partial charge in [-0.2, -0.15) is 0 Å². The summed E-state index contributed by atoms with van der Waals surface area (Å²) in [7, 11) is 0. The van der Waals surface area contributed by atoms with E-state index < -0.39 is 0 Å². The highest BCUT2D eigenvalue weighted by molar-refractivity contribution is 7.26. The molecule has 0 radical (unpaired) electrons. The summed E-state index contributed by atoms with van der Waals surface area (Å²) in [6.07, 6.45) is 0. The Balaban J connectivity index is 0.997. The molecule has 7 heteroatoms. The van der Waals surface area contributed by atoms with E-state index in [1.807, 2.05) is 17.4 Å². The second-order valence-corrected chi connectivity index (χ2v) is 27.2. The van der Waals surface area contributed by atoms with Gasteiger partial charge in [0, 0.05) is 82.7 Å². The van der Waals surface area contributed by atoms with E-state index in [1.54, 1.807) is 0 Å². The summed E-state index contributed by atoms with van der Waals surface area (Å²) in [5.41, 5.74) is 21.2. The molecule has 0 spiro atoms. The van der Waals surface area contributed by atoms with E-state index in [0.717, 1.165) is 84.5 Å². The van der Waals surface area contributed by atoms with Gasteiger partial charge in [0.25, 0.3) is 6.71 Å². The predicted octanol–water partition coefficient (Wildman–Crippen LogP) is 21.9. The van der Waals surface area contributed by atoms with Gasteiger partial charge in [-0.3, -0.25) is 0 Å². The Morgan fingerprint density at radius 1 is 0.337 bits per heavy atom. The quantitative estimate of drug-likeness (QED) is 0.141. The Morgan fingerprint density at radius 3 is 1.47 bits per heavy atom. The fourth-order valence-corrected chi connectivity index (χ4v) is 15.4. The molecule has 5 nitrogen and oxygen atoms in total. The number of rotatable bonds is 8. The van der Waals surface area contributed by atoms with Crippen molar-refractivity contribution in [3.05, 3.63) is 284 Å². The predicted molar refractivity (Wildman–Crippen MR) is 382 cm³/mol. The molecule has 0 bridgehead atoms. The zero-order valence-electron chi connectivity index (χ0n) is 50.7. The van der Waals surface area contributed by atoms with Crippen LogP contribution in [0.2, 0.25) is 0 Å². The van der Waals surface area contributed by atoms with E-state index in [4.69, 9.17) is 4.42 Å². The summed E-state index contributed by atoms with van der Waals surface area (Å²) >= 11 is 1.89. The summed E-state index contributed by atoms with van der Waals surface area (Å²) in [6.45, 7) is 13.6. The summed E-state index contributed by atoms with van der Waals surface area (Å²) in [6, 6.07) is 102. The molecule has 0 aliphatic carbocycles. The van der Waals surface area contributed by atoms with Crippen LogP contribution < -0.4 is 36.0 Å². The molecule has 17 rings (SSSR count). The lowest BCUT2D eigenvalue weighted by Gasteiger charge is -2.45. The summed E-state index contributed by atoms with van der Waals surface area (Å²) in [5.74, 6) is 0. The van der Waals surface area contributed by atoms with Crippen molar-refractivity contribution < 1.29 is 4.42 Å². The standard InChI is InChI=1S/C82H63BN4OS/c1-81(2,3)56-30-36-59(37-31-56)86-70-43-45-77-78(67-25-15-17-27-76(67)89-77)80(70)83-69-42-40-64(85(62-35-29-53-19-11-13-21-55(53)47-62)63-41-44-75-68(48-63)66-24-14-16-26-74(66)88-75)49-71(69)87(60-38-32-57(33-39-60)82(4,5)6)73-51-65(50-72(86)79(73)83)84(58-22-8-7-9-23-58)61-34-28-52-18-10-12-20-54(52)46-61/h7-51H,1-6H3. The number of hydrogen-bond donors (Lipinski definition) is 0. The van der Waals surface area contributed by atoms with Gasteiger partial charge in [-0.15, -0.1) is 11.3 Å². The Hall–Kier alpha value is -10.3. The lowest BCUT2D eigenvalue weighted by atomic mass is 9.33. The molecule has 89 heavy (non-hydrogen) atoms. The summed E-state index contributed by atoms with van der Waals surface area (Å²) in [5, 5.41) is 9.52. The van der Waals surface area contributed by atoms with Gasteiger partial charge >= 0.3 is 0 Å². The smallest absolute Gasteiger partial charge is 0.253 e. The average Bonchev–Trinajstić information content (AvgIpc) is 1.48. The summed E-state index contributed by atoms with van der Waals surface area (Å²) < 4.78 is 9.07. The number of thiophene rings is 1. The first-order chi connectivity index (χ1) is 43.4. The number of nitrogens with zero attached hydrogens (tertiary/aromatic N) is 4. The Morgan fingerprint density at radius 2 is 0.831 bits per heavy atom. The maximum atomic E-state index is 6.50. The molecule has 426 valence electrons. The first-order valence-electron chi connectivity index (χ1n) is 31.0. The minimum Gasteiger partial charge on any atom is -0.456 e. The third kappa shape index (κ3) is 8.65. The lowest BCUT2D eigenvalue weighted by molar-refractivity contribution is 0.590. The highest BCUT2D eigenvalue weighted by atomic mass is 32.1. The molecule has 2 aliphatic rings. The Kier molecular flexibility index (Phi) is 12.0. The monoisotopic (exact) mass is 1160 g/mol. The highest BCUT2D eigenvalue weighted by Crippen LogP contribution is 2.52. The maximum Gasteiger partial charge on any atom is 0.253 e. The van der Waals surface area contributed by atoms with Gasteiger partial charge in [0.1, 0.15) is 11.2 Å². The Labute approximate surface area is 523 Å². The van der Waals surface area contributed by atoms with Crippen LogP contribution in [0.1, 0.15) is 52.7 Å². The van der Waals surface area contributed by atoms with E-state index >= 15 is 0 Å². The van der Waals surface area contributed by atoms with Crippen LogP contribution in [0.4, 0.5) is 68.2 Å². The lowest BCUT2D eigenvalue weighted by Crippen LogP contribution is -2.61. The molecule has 2 aromatic heterocycles. The van der Waals surface area contributed by atoms with Gasteiger partial charge in [0.2, 0.25) is 0 Å². The topological polar surface area (TPSA) is 26.1 Å². The van der Waals surface area contributed by atoms with Crippen molar-refractivity contribution in [1.82, 2.24) is 0 Å². The minimum atomic E-state index is -0.182. The third-order valence-corrected chi connectivity index (χ3v) is 19.8. The molecule has 15 aromatic rings. The molecule has 0 saturated carbocycles. The van der Waals surface area contributed by atoms with Crippen LogP contribution >= 0.6 is 11.3 Å². The first-order valence-corrected chi connectivity index (χ1v) is 31.8. The van der Waals surface area contributed by atoms with Crippen molar-refractivity contribution in [2.75, 3.05) is 19.6 Å². The SMILES string of the molecule is CC(C)(C)c1ccc(N2c3cc(N(c4ccc5ccccc5c4)c4ccc5oc6ccccc6c5c4)ccc3B3c4c2cc(N(c2ccccc2)c2ccc5ccccc5c2)cc4N(c2ccc(C(C)(C)C)cc2)c2ccc4sc5ccccc5c4c23)cc1. The van der Waals surface area contributed by atoms with Gasteiger partial charge in [0.15, 0.2) is 0 Å². The maximum absolute atomic E-state index is 6.50. The normalized spacial score (nSPS) is 13.0. The van der Waals surface area contributed by atoms with Gasteiger partial charge in [-0.1, -0.05) is 187 Å². The Bertz CT molecular complexity index is 5330. The molecular formula is C82H63BN4OS. The average molecular weight is 1160 g/mol. The van der Waals surface area contributed by atoms with Gasteiger partial charge in [0.05, 0.1) is 5.69 Å². The van der Waals surface area contributed by atoms with E-state index in [2.05, 4.69) is 328 Å². The molecule has 0 atom stereocenters. The van der Waals surface area contributed by atoms with Crippen molar-refractivity contribution in [2.45, 2.75) is 52.4 Å². The molecule has 4 heterocycles. The fraction of sp³-hybridized carbons (Fsp3) is 0.0976. The van der Waals surface area contributed by atoms with E-state index in [9.17, 15) is 0 Å². The molecule has 0 saturated heterocycles. The van der Waals surface area contributed by atoms with Crippen LogP contribution in [0.5, 0.6) is 0 Å². The van der Waals surface area contributed by atoms with Crippen molar-refractivity contribution in [3.63, 3.8) is 0 Å². The second kappa shape index (κ2) is 20.1. The molecule has 0 N–H and O–H groups in total. The van der Waals surface area contributed by atoms with Crippen LogP contribution in [0.25, 0.3) is 63.7 Å². The third-order valence-electron chi connectivity index (χ3n) is 18.7. The second-order valence-electron chi connectivity index (χ2n) is 26.2. The number of anilines is 12. The fourth-order valence-electron chi connectivity index (χ4n) is 14.3. The number of benzene rings is 13. The summed E-state index contributed by atoms with van der Waals surface area (Å²) in [4.78, 5) is 10.1. The van der Waals surface area contributed by atoms with E-state index in [-0.39, 0.29) is 17.5 Å². The first kappa shape index (κ1) is 52.9. The largest absolute Gasteiger partial charge is 0.456 e. The number of para-hydroxylation sites is 2. The van der Waals surface area contributed by atoms with Gasteiger partial charge < -0.3 is 24.0 Å². The number of furan rings is 1. The number of fused-ring (bicyclic) bond motifs is 13. The minimum absolute atomic E-state index is 0.0316. The molecule has 13 aromatic carbocycles. The molecule has 0 fully saturated rings. The van der Waals surface area contributed by atoms with E-state index in [1.165, 1.54) is 74.9 Å². The zero-order chi connectivity index (χ0) is 59.9. The zero-order valence-corrected chi connectivity index (χ0v) is 51.5. The van der Waals surface area contributed by atoms with Gasteiger partial charge in [-0.25, -0.2) is 0 Å². The highest BCUT2D eigenvalue weighted by Gasteiger charge is 2.46. The van der Waals surface area contributed by atoms with Crippen LogP contribution in [0.3, 0.4) is 0 Å². The molecular weight excluding hydrogens is 1100 g/mol. The van der Waals surface area contributed by atoms with Crippen LogP contribution in [0.15, 0.2) is 277 Å².